The molecule has 1 aromatic rings. The lowest BCUT2D eigenvalue weighted by molar-refractivity contribution is -0.123. The van der Waals surface area contributed by atoms with E-state index in [1.165, 1.54) is 64.2 Å². The molecule has 0 bridgehead atoms. The second kappa shape index (κ2) is 24.8. The third-order valence-electron chi connectivity index (χ3n) is 6.75. The normalized spacial score (nSPS) is 11.5. The number of benzene rings is 1. The Morgan fingerprint density at radius 1 is 0.821 bits per heavy atom. The van der Waals surface area contributed by atoms with Crippen molar-refractivity contribution in [1.29, 1.82) is 0 Å². The highest BCUT2D eigenvalue weighted by Gasteiger charge is 2.20. The summed E-state index contributed by atoms with van der Waals surface area (Å²) in [6.07, 6.45) is 17.8. The van der Waals surface area contributed by atoms with Crippen LogP contribution in [-0.2, 0) is 16.1 Å². The molecule has 7 nitrogen and oxygen atoms in total. The second-order valence-electron chi connectivity index (χ2n) is 10.3. The van der Waals surface area contributed by atoms with Crippen LogP contribution in [0.25, 0.3) is 0 Å². The summed E-state index contributed by atoms with van der Waals surface area (Å²) in [5.41, 5.74) is 6.42. The van der Waals surface area contributed by atoms with Crippen LogP contribution in [0.2, 0.25) is 0 Å². The van der Waals surface area contributed by atoms with E-state index in [-0.39, 0.29) is 12.5 Å². The van der Waals surface area contributed by atoms with E-state index in [2.05, 4.69) is 22.9 Å². The van der Waals surface area contributed by atoms with Crippen LogP contribution in [0.1, 0.15) is 115 Å². The molecule has 222 valence electrons. The Labute approximate surface area is 242 Å². The molecule has 0 spiro atoms. The van der Waals surface area contributed by atoms with Gasteiger partial charge in [0.2, 0.25) is 5.91 Å². The molecule has 8 heteroatoms. The molecule has 0 aromatic heterocycles. The number of ether oxygens (including phenoxy) is 1. The van der Waals surface area contributed by atoms with Crippen LogP contribution < -0.4 is 21.7 Å². The number of rotatable bonds is 24. The van der Waals surface area contributed by atoms with Gasteiger partial charge in [-0.2, -0.15) is 0 Å². The summed E-state index contributed by atoms with van der Waals surface area (Å²) >= 11 is 5.49. The van der Waals surface area contributed by atoms with E-state index in [0.717, 1.165) is 42.8 Å². The van der Waals surface area contributed by atoms with Gasteiger partial charge in [0.05, 0.1) is 4.99 Å². The van der Waals surface area contributed by atoms with E-state index in [0.29, 0.717) is 25.9 Å². The zero-order valence-electron chi connectivity index (χ0n) is 24.3. The first-order valence-electron chi connectivity index (χ1n) is 15.3. The maximum Gasteiger partial charge on any atom is 0.408 e. The van der Waals surface area contributed by atoms with Gasteiger partial charge >= 0.3 is 6.09 Å². The first-order valence-corrected chi connectivity index (χ1v) is 15.7. The predicted octanol–water partition coefficient (Wildman–Crippen LogP) is 6.53. The van der Waals surface area contributed by atoms with Crippen LogP contribution in [0.15, 0.2) is 30.3 Å². The van der Waals surface area contributed by atoms with E-state index < -0.39 is 12.1 Å². The average Bonchev–Trinajstić information content (AvgIpc) is 2.94. The van der Waals surface area contributed by atoms with Crippen molar-refractivity contribution in [2.45, 2.75) is 122 Å². The van der Waals surface area contributed by atoms with Crippen molar-refractivity contribution in [3.63, 3.8) is 0 Å². The topological polar surface area (TPSA) is 105 Å². The van der Waals surface area contributed by atoms with Crippen molar-refractivity contribution in [1.82, 2.24) is 16.0 Å². The molecule has 0 aliphatic heterocycles. The van der Waals surface area contributed by atoms with Gasteiger partial charge in [0.1, 0.15) is 12.6 Å². The molecule has 0 fully saturated rings. The fraction of sp³-hybridized carbons (Fsp3) is 0.710. The van der Waals surface area contributed by atoms with Gasteiger partial charge in [-0.3, -0.25) is 4.79 Å². The highest BCUT2D eigenvalue weighted by Crippen LogP contribution is 2.12. The fourth-order valence-corrected chi connectivity index (χ4v) is 4.60. The van der Waals surface area contributed by atoms with E-state index in [1.807, 2.05) is 30.3 Å². The number of thiocarbonyl (C=S) groups is 1. The minimum absolute atomic E-state index is 0.161. The van der Waals surface area contributed by atoms with Crippen LogP contribution in [0, 0.1) is 0 Å². The molecule has 2 amide bonds. The molecule has 1 rings (SSSR count). The van der Waals surface area contributed by atoms with Gasteiger partial charge < -0.3 is 26.4 Å². The minimum atomic E-state index is -0.644. The highest BCUT2D eigenvalue weighted by atomic mass is 32.1. The second-order valence-corrected chi connectivity index (χ2v) is 10.8. The Hall–Kier alpha value is -2.19. The zero-order chi connectivity index (χ0) is 28.4. The van der Waals surface area contributed by atoms with Crippen LogP contribution in [0.4, 0.5) is 4.79 Å². The lowest BCUT2D eigenvalue weighted by atomic mass is 10.1. The summed E-state index contributed by atoms with van der Waals surface area (Å²) in [5, 5.41) is 8.92. The third kappa shape index (κ3) is 20.4. The Kier molecular flexibility index (Phi) is 22.2. The Balaban J connectivity index is 2.18. The van der Waals surface area contributed by atoms with Crippen LogP contribution in [0.3, 0.4) is 0 Å². The molecule has 0 radical (unpaired) electrons. The quantitative estimate of drug-likeness (QED) is 0.0843. The van der Waals surface area contributed by atoms with Crippen molar-refractivity contribution >= 4 is 29.2 Å². The van der Waals surface area contributed by atoms with Gasteiger partial charge in [0.15, 0.2) is 0 Å². The van der Waals surface area contributed by atoms with E-state index in [4.69, 9.17) is 22.7 Å². The zero-order valence-corrected chi connectivity index (χ0v) is 25.1. The average molecular weight is 563 g/mol. The SMILES string of the molecule is CCCCCCCCCCCCCC(=S)NCCCC[C@H](NC(=O)OCc1ccccc1)C(=O)NCCCN. The largest absolute Gasteiger partial charge is 0.445 e. The smallest absolute Gasteiger partial charge is 0.408 e. The fourth-order valence-electron chi connectivity index (χ4n) is 4.35. The highest BCUT2D eigenvalue weighted by molar-refractivity contribution is 7.80. The van der Waals surface area contributed by atoms with Crippen LogP contribution >= 0.6 is 12.2 Å². The van der Waals surface area contributed by atoms with Crippen molar-refractivity contribution in [2.75, 3.05) is 19.6 Å². The van der Waals surface area contributed by atoms with Crippen molar-refractivity contribution in [3.8, 4) is 0 Å². The van der Waals surface area contributed by atoms with E-state index >= 15 is 0 Å². The van der Waals surface area contributed by atoms with Crippen molar-refractivity contribution in [3.05, 3.63) is 35.9 Å². The monoisotopic (exact) mass is 562 g/mol. The van der Waals surface area contributed by atoms with Gasteiger partial charge in [-0.1, -0.05) is 114 Å². The molecule has 0 aliphatic rings. The number of nitrogens with one attached hydrogen (secondary N) is 3. The lowest BCUT2D eigenvalue weighted by Crippen LogP contribution is -2.47. The maximum atomic E-state index is 12.6. The lowest BCUT2D eigenvalue weighted by Gasteiger charge is -2.18. The van der Waals surface area contributed by atoms with Gasteiger partial charge in [-0.25, -0.2) is 4.79 Å². The number of hydrogen-bond acceptors (Lipinski definition) is 5. The maximum absolute atomic E-state index is 12.6. The minimum Gasteiger partial charge on any atom is -0.445 e. The molecule has 0 heterocycles. The van der Waals surface area contributed by atoms with E-state index in [9.17, 15) is 9.59 Å². The molecule has 1 atom stereocenters. The molecule has 0 saturated carbocycles. The Bertz CT molecular complexity index is 763. The van der Waals surface area contributed by atoms with Crippen LogP contribution in [-0.4, -0.2) is 42.7 Å². The van der Waals surface area contributed by atoms with Gasteiger partial charge in [-0.15, -0.1) is 0 Å². The summed E-state index contributed by atoms with van der Waals surface area (Å²) < 4.78 is 5.31. The molecule has 0 unspecified atom stereocenters. The van der Waals surface area contributed by atoms with Gasteiger partial charge in [0, 0.05) is 13.1 Å². The number of unbranched alkanes of at least 4 members (excludes halogenated alkanes) is 11. The number of carbonyl (C=O) groups is 2. The standard InChI is InChI=1S/C31H54N4O3S/c1-2-3-4-5-6-7-8-9-10-11-15-22-29(39)33-24-17-16-21-28(30(36)34-25-18-23-32)35-31(37)38-26-27-19-13-12-14-20-27/h12-14,19-20,28H,2-11,15-18,21-26,32H2,1H3,(H,33,39)(H,34,36)(H,35,37)/t28-/m0/s1. The van der Waals surface area contributed by atoms with Crippen molar-refractivity contribution in [2.24, 2.45) is 5.73 Å². The number of amides is 2. The first-order chi connectivity index (χ1) is 19.1. The summed E-state index contributed by atoms with van der Waals surface area (Å²) in [4.78, 5) is 25.9. The summed E-state index contributed by atoms with van der Waals surface area (Å²) in [6.45, 7) is 4.19. The third-order valence-corrected chi connectivity index (χ3v) is 7.10. The molecule has 1 aromatic carbocycles. The molecule has 5 N–H and O–H groups in total. The number of carbonyl (C=O) groups excluding carboxylic acids is 2. The molecule has 39 heavy (non-hydrogen) atoms. The van der Waals surface area contributed by atoms with Gasteiger partial charge in [-0.05, 0) is 50.6 Å². The number of alkyl carbamates (subject to hydrolysis) is 1. The van der Waals surface area contributed by atoms with E-state index in [1.54, 1.807) is 0 Å². The molecule has 0 saturated heterocycles. The van der Waals surface area contributed by atoms with Crippen LogP contribution in [0.5, 0.6) is 0 Å². The number of hydrogen-bond donors (Lipinski definition) is 4. The Morgan fingerprint density at radius 3 is 2.08 bits per heavy atom. The summed E-state index contributed by atoms with van der Waals surface area (Å²) in [6, 6.07) is 8.82. The Morgan fingerprint density at radius 2 is 1.44 bits per heavy atom. The van der Waals surface area contributed by atoms with Crippen molar-refractivity contribution < 1.29 is 14.3 Å². The van der Waals surface area contributed by atoms with Gasteiger partial charge in [0.25, 0.3) is 0 Å². The molecule has 0 aliphatic carbocycles. The first kappa shape index (κ1) is 34.8. The molecular weight excluding hydrogens is 508 g/mol. The number of nitrogens with two attached hydrogens (primary N) is 1. The summed E-state index contributed by atoms with van der Waals surface area (Å²) in [5.74, 6) is -0.208. The predicted molar refractivity (Wildman–Crippen MR) is 166 cm³/mol. The molecular formula is C31H54N4O3S. The summed E-state index contributed by atoms with van der Waals surface area (Å²) in [7, 11) is 0.